The zero-order valence-electron chi connectivity index (χ0n) is 11.7. The van der Waals surface area contributed by atoms with Crippen molar-refractivity contribution in [3.63, 3.8) is 0 Å². The van der Waals surface area contributed by atoms with Gasteiger partial charge in [0.15, 0.2) is 11.5 Å². The third-order valence-electron chi connectivity index (χ3n) is 4.10. The van der Waals surface area contributed by atoms with Gasteiger partial charge in [-0.05, 0) is 35.7 Å². The SMILES string of the molecule is O=C(O)c1ccc(C2COc3c(ccc4c3OCO4)C2)cc1. The van der Waals surface area contributed by atoms with Crippen molar-refractivity contribution >= 4 is 5.97 Å². The van der Waals surface area contributed by atoms with Crippen molar-refractivity contribution in [2.75, 3.05) is 13.4 Å². The van der Waals surface area contributed by atoms with Gasteiger partial charge in [-0.25, -0.2) is 4.79 Å². The Balaban J connectivity index is 1.61. The fraction of sp³-hybridized carbons (Fsp3) is 0.235. The lowest BCUT2D eigenvalue weighted by Crippen LogP contribution is -2.19. The van der Waals surface area contributed by atoms with Crippen molar-refractivity contribution in [3.05, 3.63) is 53.1 Å². The van der Waals surface area contributed by atoms with Gasteiger partial charge >= 0.3 is 5.97 Å². The first-order valence-corrected chi connectivity index (χ1v) is 7.10. The van der Waals surface area contributed by atoms with Crippen LogP contribution in [0, 0.1) is 0 Å². The maximum absolute atomic E-state index is 10.9. The molecule has 112 valence electrons. The van der Waals surface area contributed by atoms with Crippen molar-refractivity contribution in [2.45, 2.75) is 12.3 Å². The van der Waals surface area contributed by atoms with Gasteiger partial charge in [0.25, 0.3) is 0 Å². The van der Waals surface area contributed by atoms with E-state index in [2.05, 4.69) is 0 Å². The standard InChI is InChI=1S/C17H14O5/c18-17(19)11-3-1-10(2-4-11)13-7-12-5-6-14-16(22-9-21-14)15(12)20-8-13/h1-6,13H,7-9H2,(H,18,19). The molecule has 0 spiro atoms. The van der Waals surface area contributed by atoms with Crippen molar-refractivity contribution < 1.29 is 24.1 Å². The average molecular weight is 298 g/mol. The molecule has 0 bridgehead atoms. The van der Waals surface area contributed by atoms with Crippen LogP contribution in [0.2, 0.25) is 0 Å². The normalized spacial score (nSPS) is 18.5. The minimum atomic E-state index is -0.912. The van der Waals surface area contributed by atoms with Crippen LogP contribution in [0.3, 0.4) is 0 Å². The molecular formula is C17H14O5. The predicted molar refractivity (Wildman–Crippen MR) is 77.9 cm³/mol. The third-order valence-corrected chi connectivity index (χ3v) is 4.10. The molecule has 1 atom stereocenters. The van der Waals surface area contributed by atoms with Gasteiger partial charge in [-0.1, -0.05) is 18.2 Å². The highest BCUT2D eigenvalue weighted by atomic mass is 16.7. The number of fused-ring (bicyclic) bond motifs is 3. The van der Waals surface area contributed by atoms with Crippen LogP contribution >= 0.6 is 0 Å². The van der Waals surface area contributed by atoms with Gasteiger partial charge in [0.1, 0.15) is 0 Å². The highest BCUT2D eigenvalue weighted by molar-refractivity contribution is 5.87. The number of hydrogen-bond donors (Lipinski definition) is 1. The number of rotatable bonds is 2. The van der Waals surface area contributed by atoms with Gasteiger partial charge in [0, 0.05) is 5.92 Å². The van der Waals surface area contributed by atoms with E-state index in [1.54, 1.807) is 12.1 Å². The van der Waals surface area contributed by atoms with E-state index < -0.39 is 5.97 Å². The van der Waals surface area contributed by atoms with E-state index >= 15 is 0 Å². The highest BCUT2D eigenvalue weighted by Gasteiger charge is 2.28. The topological polar surface area (TPSA) is 65.0 Å². The highest BCUT2D eigenvalue weighted by Crippen LogP contribution is 2.46. The second-order valence-corrected chi connectivity index (χ2v) is 5.43. The first-order chi connectivity index (χ1) is 10.7. The molecule has 0 amide bonds. The van der Waals surface area contributed by atoms with Crippen LogP contribution in [0.25, 0.3) is 0 Å². The van der Waals surface area contributed by atoms with E-state index in [4.69, 9.17) is 19.3 Å². The summed E-state index contributed by atoms with van der Waals surface area (Å²) in [5, 5.41) is 8.96. The molecule has 0 saturated heterocycles. The van der Waals surface area contributed by atoms with Crippen LogP contribution in [0.4, 0.5) is 0 Å². The maximum atomic E-state index is 10.9. The molecule has 2 heterocycles. The Hall–Kier alpha value is -2.69. The lowest BCUT2D eigenvalue weighted by Gasteiger charge is -2.26. The number of aromatic carboxylic acids is 1. The monoisotopic (exact) mass is 298 g/mol. The third kappa shape index (κ3) is 2.06. The van der Waals surface area contributed by atoms with E-state index in [-0.39, 0.29) is 12.7 Å². The number of carboxylic acids is 1. The minimum Gasteiger partial charge on any atom is -0.489 e. The van der Waals surface area contributed by atoms with Gasteiger partial charge < -0.3 is 19.3 Å². The first kappa shape index (κ1) is 13.0. The fourth-order valence-corrected chi connectivity index (χ4v) is 2.93. The summed E-state index contributed by atoms with van der Waals surface area (Å²) in [6, 6.07) is 10.9. The summed E-state index contributed by atoms with van der Waals surface area (Å²) in [6.07, 6.45) is 0.832. The Morgan fingerprint density at radius 3 is 2.59 bits per heavy atom. The maximum Gasteiger partial charge on any atom is 0.335 e. The van der Waals surface area contributed by atoms with Crippen molar-refractivity contribution in [3.8, 4) is 17.2 Å². The van der Waals surface area contributed by atoms with E-state index in [1.165, 1.54) is 0 Å². The molecule has 0 fully saturated rings. The Labute approximate surface area is 127 Å². The molecule has 0 aliphatic carbocycles. The summed E-state index contributed by atoms with van der Waals surface area (Å²) < 4.78 is 16.7. The molecule has 1 N–H and O–H groups in total. The number of carbonyl (C=O) groups is 1. The van der Waals surface area contributed by atoms with Crippen molar-refractivity contribution in [1.29, 1.82) is 0 Å². The predicted octanol–water partition coefficient (Wildman–Crippen LogP) is 2.83. The summed E-state index contributed by atoms with van der Waals surface area (Å²) >= 11 is 0. The molecule has 0 saturated carbocycles. The summed E-state index contributed by atoms with van der Waals surface area (Å²) in [4.78, 5) is 10.9. The lowest BCUT2D eigenvalue weighted by molar-refractivity contribution is 0.0697. The molecule has 2 aliphatic rings. The van der Waals surface area contributed by atoms with Crippen LogP contribution in [0.15, 0.2) is 36.4 Å². The second-order valence-electron chi connectivity index (χ2n) is 5.43. The molecule has 1 unspecified atom stereocenters. The average Bonchev–Trinajstić information content (AvgIpc) is 3.03. The smallest absolute Gasteiger partial charge is 0.335 e. The Morgan fingerprint density at radius 2 is 1.82 bits per heavy atom. The van der Waals surface area contributed by atoms with Crippen LogP contribution in [-0.2, 0) is 6.42 Å². The summed E-state index contributed by atoms with van der Waals surface area (Å²) in [5.41, 5.74) is 2.46. The lowest BCUT2D eigenvalue weighted by atomic mass is 9.89. The minimum absolute atomic E-state index is 0.204. The molecule has 2 aliphatic heterocycles. The molecule has 0 radical (unpaired) electrons. The number of benzene rings is 2. The number of ether oxygens (including phenoxy) is 3. The molecule has 4 rings (SSSR count). The largest absolute Gasteiger partial charge is 0.489 e. The van der Waals surface area contributed by atoms with Gasteiger partial charge in [0.05, 0.1) is 12.2 Å². The molecular weight excluding hydrogens is 284 g/mol. The zero-order chi connectivity index (χ0) is 15.1. The fourth-order valence-electron chi connectivity index (χ4n) is 2.93. The summed E-state index contributed by atoms with van der Waals surface area (Å²) in [5.74, 6) is 1.48. The van der Waals surface area contributed by atoms with Crippen LogP contribution in [-0.4, -0.2) is 24.5 Å². The first-order valence-electron chi connectivity index (χ1n) is 7.10. The molecule has 22 heavy (non-hydrogen) atoms. The van der Waals surface area contributed by atoms with E-state index in [9.17, 15) is 4.79 Å². The van der Waals surface area contributed by atoms with Gasteiger partial charge in [-0.2, -0.15) is 0 Å². The number of carboxylic acid groups (broad SMARTS) is 1. The summed E-state index contributed by atoms with van der Waals surface area (Å²) in [7, 11) is 0. The van der Waals surface area contributed by atoms with E-state index in [0.717, 1.165) is 29.0 Å². The zero-order valence-corrected chi connectivity index (χ0v) is 11.7. The number of hydrogen-bond acceptors (Lipinski definition) is 4. The van der Waals surface area contributed by atoms with E-state index in [1.807, 2.05) is 24.3 Å². The summed E-state index contributed by atoms with van der Waals surface area (Å²) in [6.45, 7) is 0.772. The molecule has 0 aromatic heterocycles. The molecule has 2 aromatic rings. The molecule has 5 heteroatoms. The van der Waals surface area contributed by atoms with Gasteiger partial charge in [-0.3, -0.25) is 0 Å². The van der Waals surface area contributed by atoms with E-state index in [0.29, 0.717) is 17.9 Å². The Bertz CT molecular complexity index is 735. The van der Waals surface area contributed by atoms with Crippen LogP contribution < -0.4 is 14.2 Å². The van der Waals surface area contributed by atoms with Crippen LogP contribution in [0.1, 0.15) is 27.4 Å². The second kappa shape index (κ2) is 4.94. The molecule has 2 aromatic carbocycles. The van der Waals surface area contributed by atoms with Crippen molar-refractivity contribution in [1.82, 2.24) is 0 Å². The van der Waals surface area contributed by atoms with Crippen LogP contribution in [0.5, 0.6) is 17.2 Å². The molecule has 5 nitrogen and oxygen atoms in total. The van der Waals surface area contributed by atoms with Gasteiger partial charge in [0.2, 0.25) is 12.5 Å². The Kier molecular flexibility index (Phi) is 2.92. The van der Waals surface area contributed by atoms with Crippen molar-refractivity contribution in [2.24, 2.45) is 0 Å². The quantitative estimate of drug-likeness (QED) is 0.923. The van der Waals surface area contributed by atoms with Gasteiger partial charge in [-0.15, -0.1) is 0 Å². The Morgan fingerprint density at radius 1 is 1.00 bits per heavy atom.